The summed E-state index contributed by atoms with van der Waals surface area (Å²) in [4.78, 5) is 31.5. The van der Waals surface area contributed by atoms with Crippen molar-refractivity contribution in [2.75, 3.05) is 60.0 Å². The monoisotopic (exact) mass is 454 g/mol. The zero-order valence-electron chi connectivity index (χ0n) is 19.6. The van der Waals surface area contributed by atoms with Crippen LogP contribution in [-0.4, -0.2) is 91.2 Å². The van der Waals surface area contributed by atoms with E-state index in [1.165, 1.54) is 12.7 Å². The number of amides is 1. The number of nitrogens with zero attached hydrogens (tertiary/aromatic N) is 4. The molecule has 1 aromatic carbocycles. The molecule has 0 radical (unpaired) electrons. The van der Waals surface area contributed by atoms with Gasteiger partial charge in [0.1, 0.15) is 11.4 Å². The Morgan fingerprint density at radius 2 is 1.61 bits per heavy atom. The molecule has 1 amide bonds. The fourth-order valence-corrected chi connectivity index (χ4v) is 4.78. The summed E-state index contributed by atoms with van der Waals surface area (Å²) in [7, 11) is 3.09. The SMILES string of the molecule is COC(=O)c1cccn1C1CCN(CC(=O)N2CCN(Cc3ccc(OC)cc3)CC2)CC1. The van der Waals surface area contributed by atoms with Crippen LogP contribution in [0.1, 0.15) is 34.9 Å². The van der Waals surface area contributed by atoms with Crippen molar-refractivity contribution < 1.29 is 19.1 Å². The van der Waals surface area contributed by atoms with Crippen LogP contribution in [0.2, 0.25) is 0 Å². The fraction of sp³-hybridized carbons (Fsp3) is 0.520. The Morgan fingerprint density at radius 1 is 0.909 bits per heavy atom. The summed E-state index contributed by atoms with van der Waals surface area (Å²) in [5.74, 6) is 0.785. The van der Waals surface area contributed by atoms with E-state index in [9.17, 15) is 9.59 Å². The maximum atomic E-state index is 12.9. The molecular formula is C25H34N4O4. The molecule has 33 heavy (non-hydrogen) atoms. The van der Waals surface area contributed by atoms with Crippen molar-refractivity contribution in [2.45, 2.75) is 25.4 Å². The highest BCUT2D eigenvalue weighted by Gasteiger charge is 2.27. The minimum Gasteiger partial charge on any atom is -0.497 e. The van der Waals surface area contributed by atoms with E-state index in [4.69, 9.17) is 9.47 Å². The number of piperidine rings is 1. The molecule has 0 atom stereocenters. The van der Waals surface area contributed by atoms with Crippen molar-refractivity contribution in [1.82, 2.24) is 19.3 Å². The standard InChI is InChI=1S/C25H34N4O4/c1-32-22-7-5-20(6-8-22)18-27-14-16-28(17-15-27)24(30)19-26-12-9-21(10-13-26)29-11-3-4-23(29)25(31)33-2/h3-8,11,21H,9-10,12-19H2,1-2H3. The van der Waals surface area contributed by atoms with Gasteiger partial charge in [-0.15, -0.1) is 0 Å². The lowest BCUT2D eigenvalue weighted by Crippen LogP contribution is -2.51. The molecule has 2 fully saturated rings. The molecule has 1 aromatic heterocycles. The van der Waals surface area contributed by atoms with E-state index in [1.54, 1.807) is 13.2 Å². The lowest BCUT2D eigenvalue weighted by molar-refractivity contribution is -0.134. The van der Waals surface area contributed by atoms with Gasteiger partial charge in [0.2, 0.25) is 5.91 Å². The Morgan fingerprint density at radius 3 is 2.24 bits per heavy atom. The van der Waals surface area contributed by atoms with E-state index in [0.717, 1.165) is 64.4 Å². The smallest absolute Gasteiger partial charge is 0.354 e. The summed E-state index contributed by atoms with van der Waals surface area (Å²) in [6.07, 6.45) is 3.78. The molecule has 0 spiro atoms. The number of likely N-dealkylation sites (tertiary alicyclic amines) is 1. The predicted molar refractivity (Wildman–Crippen MR) is 125 cm³/mol. The summed E-state index contributed by atoms with van der Waals surface area (Å²) in [6.45, 7) is 6.41. The number of hydrogen-bond donors (Lipinski definition) is 0. The number of benzene rings is 1. The fourth-order valence-electron chi connectivity index (χ4n) is 4.78. The number of hydrogen-bond acceptors (Lipinski definition) is 6. The second-order valence-corrected chi connectivity index (χ2v) is 8.80. The highest BCUT2D eigenvalue weighted by Crippen LogP contribution is 2.25. The van der Waals surface area contributed by atoms with Crippen molar-refractivity contribution in [2.24, 2.45) is 0 Å². The van der Waals surface area contributed by atoms with Crippen LogP contribution in [-0.2, 0) is 16.1 Å². The summed E-state index contributed by atoms with van der Waals surface area (Å²) in [6, 6.07) is 12.1. The second-order valence-electron chi connectivity index (χ2n) is 8.80. The molecule has 8 heteroatoms. The van der Waals surface area contributed by atoms with Gasteiger partial charge in [-0.1, -0.05) is 12.1 Å². The first kappa shape index (κ1) is 23.3. The van der Waals surface area contributed by atoms with Gasteiger partial charge >= 0.3 is 5.97 Å². The highest BCUT2D eigenvalue weighted by atomic mass is 16.5. The van der Waals surface area contributed by atoms with Gasteiger partial charge in [0.15, 0.2) is 0 Å². The molecule has 2 aromatic rings. The van der Waals surface area contributed by atoms with E-state index >= 15 is 0 Å². The van der Waals surface area contributed by atoms with Crippen LogP contribution in [0, 0.1) is 0 Å². The third kappa shape index (κ3) is 5.75. The Balaban J connectivity index is 1.20. The lowest BCUT2D eigenvalue weighted by atomic mass is 10.0. The number of carbonyl (C=O) groups excluding carboxylic acids is 2. The molecule has 3 heterocycles. The minimum absolute atomic E-state index is 0.216. The second kappa shape index (κ2) is 10.9. The Bertz CT molecular complexity index is 926. The first-order valence-electron chi connectivity index (χ1n) is 11.7. The largest absolute Gasteiger partial charge is 0.497 e. The first-order valence-corrected chi connectivity index (χ1v) is 11.7. The normalized spacial score (nSPS) is 18.3. The number of rotatable bonds is 7. The molecule has 4 rings (SSSR count). The van der Waals surface area contributed by atoms with Crippen LogP contribution in [0.5, 0.6) is 5.75 Å². The molecular weight excluding hydrogens is 420 g/mol. The number of esters is 1. The molecule has 0 aliphatic carbocycles. The van der Waals surface area contributed by atoms with Crippen LogP contribution in [0.25, 0.3) is 0 Å². The molecule has 2 saturated heterocycles. The van der Waals surface area contributed by atoms with Gasteiger partial charge in [0.25, 0.3) is 0 Å². The molecule has 0 unspecified atom stereocenters. The average molecular weight is 455 g/mol. The quantitative estimate of drug-likeness (QED) is 0.598. The Hall–Kier alpha value is -2.84. The summed E-state index contributed by atoms with van der Waals surface area (Å²) < 4.78 is 12.1. The van der Waals surface area contributed by atoms with Crippen molar-refractivity contribution in [3.05, 3.63) is 53.9 Å². The van der Waals surface area contributed by atoms with Gasteiger partial charge in [0, 0.05) is 58.1 Å². The molecule has 178 valence electrons. The highest BCUT2D eigenvalue weighted by molar-refractivity contribution is 5.87. The number of ether oxygens (including phenoxy) is 2. The third-order valence-corrected chi connectivity index (χ3v) is 6.77. The number of aromatic nitrogens is 1. The average Bonchev–Trinajstić information content (AvgIpc) is 3.35. The van der Waals surface area contributed by atoms with Crippen LogP contribution in [0.3, 0.4) is 0 Å². The van der Waals surface area contributed by atoms with E-state index in [-0.39, 0.29) is 17.9 Å². The van der Waals surface area contributed by atoms with Gasteiger partial charge in [-0.25, -0.2) is 4.79 Å². The molecule has 2 aliphatic heterocycles. The van der Waals surface area contributed by atoms with Gasteiger partial charge in [0.05, 0.1) is 20.8 Å². The van der Waals surface area contributed by atoms with Crippen molar-refractivity contribution in [1.29, 1.82) is 0 Å². The van der Waals surface area contributed by atoms with Crippen molar-refractivity contribution in [3.63, 3.8) is 0 Å². The maximum absolute atomic E-state index is 12.9. The summed E-state index contributed by atoms with van der Waals surface area (Å²) in [5.41, 5.74) is 1.86. The predicted octanol–water partition coefficient (Wildman–Crippen LogP) is 2.26. The first-order chi connectivity index (χ1) is 16.1. The Kier molecular flexibility index (Phi) is 7.67. The molecule has 0 bridgehead atoms. The molecule has 0 N–H and O–H groups in total. The number of piperazine rings is 1. The molecule has 2 aliphatic rings. The maximum Gasteiger partial charge on any atom is 0.354 e. The van der Waals surface area contributed by atoms with Crippen molar-refractivity contribution in [3.8, 4) is 5.75 Å². The van der Waals surface area contributed by atoms with E-state index in [2.05, 4.69) is 21.9 Å². The van der Waals surface area contributed by atoms with Crippen molar-refractivity contribution >= 4 is 11.9 Å². The van der Waals surface area contributed by atoms with Gasteiger partial charge < -0.3 is 18.9 Å². The zero-order chi connectivity index (χ0) is 23.2. The summed E-state index contributed by atoms with van der Waals surface area (Å²) >= 11 is 0. The van der Waals surface area contributed by atoms with Gasteiger partial charge in [-0.05, 0) is 42.7 Å². The van der Waals surface area contributed by atoms with Crippen LogP contribution in [0.15, 0.2) is 42.6 Å². The molecule has 0 saturated carbocycles. The van der Waals surface area contributed by atoms with Gasteiger partial charge in [-0.2, -0.15) is 0 Å². The van der Waals surface area contributed by atoms with E-state index in [1.807, 2.05) is 33.9 Å². The number of carbonyl (C=O) groups is 2. The molecule has 8 nitrogen and oxygen atoms in total. The topological polar surface area (TPSA) is 67.2 Å². The Labute approximate surface area is 195 Å². The lowest BCUT2D eigenvalue weighted by Gasteiger charge is -2.37. The number of methoxy groups -OCH3 is 2. The van der Waals surface area contributed by atoms with Crippen LogP contribution in [0.4, 0.5) is 0 Å². The van der Waals surface area contributed by atoms with Gasteiger partial charge in [-0.3, -0.25) is 14.6 Å². The third-order valence-electron chi connectivity index (χ3n) is 6.77. The van der Waals surface area contributed by atoms with E-state index < -0.39 is 0 Å². The van der Waals surface area contributed by atoms with Crippen LogP contribution >= 0.6 is 0 Å². The minimum atomic E-state index is -0.302. The summed E-state index contributed by atoms with van der Waals surface area (Å²) in [5, 5.41) is 0. The zero-order valence-corrected chi connectivity index (χ0v) is 19.6. The van der Waals surface area contributed by atoms with Crippen LogP contribution < -0.4 is 4.74 Å². The van der Waals surface area contributed by atoms with E-state index in [0.29, 0.717) is 12.2 Å².